The minimum atomic E-state index is 0.475. The Kier molecular flexibility index (Phi) is 4.76. The fraction of sp³-hybridized carbons (Fsp3) is 1.00. The lowest BCUT2D eigenvalue weighted by Gasteiger charge is -2.25. The van der Waals surface area contributed by atoms with Gasteiger partial charge in [-0.05, 0) is 30.1 Å². The van der Waals surface area contributed by atoms with Crippen molar-refractivity contribution >= 4 is 11.6 Å². The molecule has 0 radical (unpaired) electrons. The van der Waals surface area contributed by atoms with Crippen LogP contribution < -0.4 is 0 Å². The number of hydrogen-bond donors (Lipinski definition) is 0. The highest BCUT2D eigenvalue weighted by molar-refractivity contribution is 6.18. The molecule has 0 bridgehead atoms. The van der Waals surface area contributed by atoms with E-state index in [4.69, 9.17) is 11.6 Å². The van der Waals surface area contributed by atoms with Crippen molar-refractivity contribution in [1.82, 2.24) is 0 Å². The lowest BCUT2D eigenvalue weighted by Crippen LogP contribution is -2.16. The number of rotatable bonds is 4. The van der Waals surface area contributed by atoms with Crippen LogP contribution in [0.25, 0.3) is 0 Å². The van der Waals surface area contributed by atoms with Crippen molar-refractivity contribution in [2.45, 2.75) is 59.3 Å². The lowest BCUT2D eigenvalue weighted by atomic mass is 9.82. The predicted molar refractivity (Wildman–Crippen MR) is 64.9 cm³/mol. The van der Waals surface area contributed by atoms with Crippen LogP contribution in [0.2, 0.25) is 0 Å². The van der Waals surface area contributed by atoms with Gasteiger partial charge in [-0.25, -0.2) is 0 Å². The van der Waals surface area contributed by atoms with Crippen molar-refractivity contribution in [3.63, 3.8) is 0 Å². The third kappa shape index (κ3) is 4.21. The molecule has 0 spiro atoms. The normalized spacial score (nSPS) is 21.4. The van der Waals surface area contributed by atoms with Gasteiger partial charge in [-0.15, -0.1) is 11.6 Å². The standard InChI is InChI=1S/C13H25Cl/c1-13(2,3)9-8-12(10-14)11-6-4-5-7-11/h11-12H,4-10H2,1-3H3. The summed E-state index contributed by atoms with van der Waals surface area (Å²) in [6, 6.07) is 0. The van der Waals surface area contributed by atoms with Crippen LogP contribution in [0.5, 0.6) is 0 Å². The number of hydrogen-bond acceptors (Lipinski definition) is 0. The zero-order valence-corrected chi connectivity index (χ0v) is 10.7. The third-order valence-electron chi connectivity index (χ3n) is 3.53. The van der Waals surface area contributed by atoms with E-state index in [0.717, 1.165) is 17.7 Å². The Balaban J connectivity index is 2.31. The van der Waals surface area contributed by atoms with Crippen molar-refractivity contribution in [2.75, 3.05) is 5.88 Å². The fourth-order valence-electron chi connectivity index (χ4n) is 2.49. The number of halogens is 1. The Morgan fingerprint density at radius 2 is 1.79 bits per heavy atom. The molecule has 0 aliphatic heterocycles. The molecule has 84 valence electrons. The first kappa shape index (κ1) is 12.4. The highest BCUT2D eigenvalue weighted by Gasteiger charge is 2.25. The minimum Gasteiger partial charge on any atom is -0.126 e. The molecule has 0 N–H and O–H groups in total. The van der Waals surface area contributed by atoms with Crippen LogP contribution in [0.15, 0.2) is 0 Å². The van der Waals surface area contributed by atoms with Gasteiger partial charge in [0.2, 0.25) is 0 Å². The highest BCUT2D eigenvalue weighted by atomic mass is 35.5. The molecule has 0 heterocycles. The Labute approximate surface area is 94.4 Å². The second-order valence-electron chi connectivity index (χ2n) is 6.06. The van der Waals surface area contributed by atoms with Crippen LogP contribution in [0.3, 0.4) is 0 Å². The van der Waals surface area contributed by atoms with Crippen molar-refractivity contribution in [2.24, 2.45) is 17.3 Å². The third-order valence-corrected chi connectivity index (χ3v) is 3.93. The quantitative estimate of drug-likeness (QED) is 0.589. The maximum atomic E-state index is 6.08. The summed E-state index contributed by atoms with van der Waals surface area (Å²) in [6.07, 6.45) is 8.39. The van der Waals surface area contributed by atoms with E-state index < -0.39 is 0 Å². The molecule has 1 fully saturated rings. The Morgan fingerprint density at radius 3 is 2.21 bits per heavy atom. The van der Waals surface area contributed by atoms with Crippen molar-refractivity contribution in [3.05, 3.63) is 0 Å². The summed E-state index contributed by atoms with van der Waals surface area (Å²) < 4.78 is 0. The topological polar surface area (TPSA) is 0 Å². The van der Waals surface area contributed by atoms with Crippen LogP contribution in [0, 0.1) is 17.3 Å². The van der Waals surface area contributed by atoms with Gasteiger partial charge in [-0.2, -0.15) is 0 Å². The van der Waals surface area contributed by atoms with Crippen LogP contribution in [0.4, 0.5) is 0 Å². The minimum absolute atomic E-state index is 0.475. The number of alkyl halides is 1. The average molecular weight is 217 g/mol. The predicted octanol–water partition coefficient (Wildman–Crippen LogP) is 4.86. The first-order valence-electron chi connectivity index (χ1n) is 6.09. The molecule has 1 aliphatic rings. The fourth-order valence-corrected chi connectivity index (χ4v) is 2.89. The van der Waals surface area contributed by atoms with E-state index in [1.54, 1.807) is 0 Å². The molecular formula is C13H25Cl. The molecule has 1 unspecified atom stereocenters. The molecule has 0 saturated heterocycles. The molecule has 1 heteroatoms. The van der Waals surface area contributed by atoms with Gasteiger partial charge in [0, 0.05) is 5.88 Å². The summed E-state index contributed by atoms with van der Waals surface area (Å²) >= 11 is 6.08. The zero-order chi connectivity index (χ0) is 10.6. The van der Waals surface area contributed by atoms with Gasteiger partial charge in [-0.3, -0.25) is 0 Å². The largest absolute Gasteiger partial charge is 0.126 e. The second kappa shape index (κ2) is 5.39. The van der Waals surface area contributed by atoms with Gasteiger partial charge in [0.25, 0.3) is 0 Å². The van der Waals surface area contributed by atoms with Crippen molar-refractivity contribution in [1.29, 1.82) is 0 Å². The van der Waals surface area contributed by atoms with Gasteiger partial charge < -0.3 is 0 Å². The molecule has 0 nitrogen and oxygen atoms in total. The van der Waals surface area contributed by atoms with Crippen LogP contribution in [-0.2, 0) is 0 Å². The van der Waals surface area contributed by atoms with E-state index >= 15 is 0 Å². The molecule has 0 amide bonds. The van der Waals surface area contributed by atoms with E-state index in [1.807, 2.05) is 0 Å². The summed E-state index contributed by atoms with van der Waals surface area (Å²) in [5.74, 6) is 2.61. The first-order valence-corrected chi connectivity index (χ1v) is 6.62. The zero-order valence-electron chi connectivity index (χ0n) is 9.98. The summed E-state index contributed by atoms with van der Waals surface area (Å²) in [6.45, 7) is 6.98. The maximum Gasteiger partial charge on any atom is 0.0254 e. The summed E-state index contributed by atoms with van der Waals surface area (Å²) in [7, 11) is 0. The molecule has 1 saturated carbocycles. The summed E-state index contributed by atoms with van der Waals surface area (Å²) in [5.41, 5.74) is 0.475. The van der Waals surface area contributed by atoms with Crippen molar-refractivity contribution < 1.29 is 0 Å². The van der Waals surface area contributed by atoms with Gasteiger partial charge in [0.15, 0.2) is 0 Å². The van der Waals surface area contributed by atoms with Gasteiger partial charge in [-0.1, -0.05) is 46.5 Å². The molecule has 0 aromatic carbocycles. The first-order chi connectivity index (χ1) is 6.53. The molecule has 14 heavy (non-hydrogen) atoms. The second-order valence-corrected chi connectivity index (χ2v) is 6.37. The molecular weight excluding hydrogens is 192 g/mol. The van der Waals surface area contributed by atoms with Gasteiger partial charge in [0.1, 0.15) is 0 Å². The lowest BCUT2D eigenvalue weighted by molar-refractivity contribution is 0.278. The van der Waals surface area contributed by atoms with Gasteiger partial charge >= 0.3 is 0 Å². The molecule has 1 aliphatic carbocycles. The SMILES string of the molecule is CC(C)(C)CCC(CCl)C1CCCC1. The Hall–Kier alpha value is 0.290. The molecule has 1 atom stereocenters. The molecule has 0 aromatic rings. The van der Waals surface area contributed by atoms with E-state index in [-0.39, 0.29) is 0 Å². The van der Waals surface area contributed by atoms with E-state index in [0.29, 0.717) is 5.41 Å². The highest BCUT2D eigenvalue weighted by Crippen LogP contribution is 2.36. The van der Waals surface area contributed by atoms with Crippen LogP contribution in [-0.4, -0.2) is 5.88 Å². The van der Waals surface area contributed by atoms with Crippen molar-refractivity contribution in [3.8, 4) is 0 Å². The monoisotopic (exact) mass is 216 g/mol. The van der Waals surface area contributed by atoms with Crippen LogP contribution >= 0.6 is 11.6 Å². The molecule has 1 rings (SSSR count). The summed E-state index contributed by atoms with van der Waals surface area (Å²) in [5, 5.41) is 0. The van der Waals surface area contributed by atoms with Gasteiger partial charge in [0.05, 0.1) is 0 Å². The van der Waals surface area contributed by atoms with E-state index in [2.05, 4.69) is 20.8 Å². The van der Waals surface area contributed by atoms with E-state index in [1.165, 1.54) is 38.5 Å². The smallest absolute Gasteiger partial charge is 0.0254 e. The maximum absolute atomic E-state index is 6.08. The Morgan fingerprint density at radius 1 is 1.21 bits per heavy atom. The summed E-state index contributed by atoms with van der Waals surface area (Å²) in [4.78, 5) is 0. The Bertz CT molecular complexity index is 151. The van der Waals surface area contributed by atoms with Crippen LogP contribution in [0.1, 0.15) is 59.3 Å². The molecule has 0 aromatic heterocycles. The average Bonchev–Trinajstić information content (AvgIpc) is 2.56. The van der Waals surface area contributed by atoms with E-state index in [9.17, 15) is 0 Å².